The number of aromatic nitrogens is 4. The number of benzene rings is 2. The quantitative estimate of drug-likeness (QED) is 0.369. The molecule has 8 heteroatoms. The summed E-state index contributed by atoms with van der Waals surface area (Å²) in [5, 5.41) is 8.15. The van der Waals surface area contributed by atoms with Gasteiger partial charge in [-0.25, -0.2) is 4.98 Å². The molecule has 8 nitrogen and oxygen atoms in total. The first-order valence-electron chi connectivity index (χ1n) is 11.4. The van der Waals surface area contributed by atoms with Crippen LogP contribution in [-0.4, -0.2) is 45.0 Å². The summed E-state index contributed by atoms with van der Waals surface area (Å²) in [6, 6.07) is 19.9. The highest BCUT2D eigenvalue weighted by atomic mass is 16.6. The molecule has 3 aromatic heterocycles. The van der Waals surface area contributed by atoms with Gasteiger partial charge in [0.2, 0.25) is 0 Å². The summed E-state index contributed by atoms with van der Waals surface area (Å²) in [7, 11) is 0. The summed E-state index contributed by atoms with van der Waals surface area (Å²) in [4.78, 5) is 20.6. The molecule has 174 valence electrons. The van der Waals surface area contributed by atoms with Gasteiger partial charge in [0.15, 0.2) is 0 Å². The second-order valence-corrected chi connectivity index (χ2v) is 8.49. The zero-order valence-corrected chi connectivity index (χ0v) is 18.8. The largest absolute Gasteiger partial charge is 0.486 e. The number of carbonyl (C=O) groups is 1. The number of pyridine rings is 1. The Morgan fingerprint density at radius 3 is 2.80 bits per heavy atom. The fourth-order valence-electron chi connectivity index (χ4n) is 4.02. The lowest BCUT2D eigenvalue weighted by molar-refractivity contribution is -0.0796. The van der Waals surface area contributed by atoms with Crippen molar-refractivity contribution in [3.63, 3.8) is 0 Å². The van der Waals surface area contributed by atoms with E-state index in [2.05, 4.69) is 20.4 Å². The van der Waals surface area contributed by atoms with Crippen molar-refractivity contribution < 1.29 is 14.3 Å². The number of amides is 1. The van der Waals surface area contributed by atoms with Crippen LogP contribution in [0.1, 0.15) is 15.9 Å². The number of hydrogen-bond donors (Lipinski definition) is 2. The van der Waals surface area contributed by atoms with Crippen molar-refractivity contribution in [1.82, 2.24) is 19.7 Å². The molecular weight excluding hydrogens is 442 g/mol. The minimum atomic E-state index is -0.228. The fourth-order valence-corrected chi connectivity index (χ4v) is 4.02. The SMILES string of the molecule is O=C(Nc1c[nH]c2ncc(-c3cccc(OC4COC4)c3)cc12)c1cnn(Cc2ccccc2)c1. The van der Waals surface area contributed by atoms with Crippen LogP contribution < -0.4 is 10.1 Å². The van der Waals surface area contributed by atoms with Gasteiger partial charge in [0.05, 0.1) is 37.2 Å². The lowest BCUT2D eigenvalue weighted by Gasteiger charge is -2.26. The Morgan fingerprint density at radius 2 is 1.97 bits per heavy atom. The Labute approximate surface area is 201 Å². The Kier molecular flexibility index (Phi) is 5.48. The Balaban J connectivity index is 1.21. The van der Waals surface area contributed by atoms with E-state index in [9.17, 15) is 4.79 Å². The summed E-state index contributed by atoms with van der Waals surface area (Å²) in [5.74, 6) is 0.569. The molecule has 5 aromatic rings. The van der Waals surface area contributed by atoms with Crippen LogP contribution in [0.3, 0.4) is 0 Å². The lowest BCUT2D eigenvalue weighted by atomic mass is 10.1. The van der Waals surface area contributed by atoms with Gasteiger partial charge in [-0.1, -0.05) is 42.5 Å². The van der Waals surface area contributed by atoms with Gasteiger partial charge in [-0.3, -0.25) is 9.48 Å². The third-order valence-electron chi connectivity index (χ3n) is 5.94. The van der Waals surface area contributed by atoms with Crippen molar-refractivity contribution in [2.45, 2.75) is 12.6 Å². The van der Waals surface area contributed by atoms with E-state index in [0.717, 1.165) is 27.8 Å². The van der Waals surface area contributed by atoms with Gasteiger partial charge in [-0.2, -0.15) is 5.10 Å². The summed E-state index contributed by atoms with van der Waals surface area (Å²) >= 11 is 0. The molecule has 1 fully saturated rings. The molecule has 1 amide bonds. The highest BCUT2D eigenvalue weighted by Crippen LogP contribution is 2.30. The van der Waals surface area contributed by atoms with Gasteiger partial charge in [-0.05, 0) is 29.3 Å². The number of rotatable bonds is 7. The van der Waals surface area contributed by atoms with Gasteiger partial charge in [0.1, 0.15) is 17.5 Å². The summed E-state index contributed by atoms with van der Waals surface area (Å²) in [5.41, 5.74) is 4.88. The van der Waals surface area contributed by atoms with Crippen molar-refractivity contribution in [1.29, 1.82) is 0 Å². The molecule has 1 aliphatic heterocycles. The van der Waals surface area contributed by atoms with Gasteiger partial charge >= 0.3 is 0 Å². The van der Waals surface area contributed by atoms with E-state index in [1.54, 1.807) is 23.3 Å². The van der Waals surface area contributed by atoms with Crippen molar-refractivity contribution in [2.75, 3.05) is 18.5 Å². The smallest absolute Gasteiger partial charge is 0.258 e. The number of nitrogens with one attached hydrogen (secondary N) is 2. The van der Waals surface area contributed by atoms with Gasteiger partial charge in [0, 0.05) is 29.5 Å². The average Bonchev–Trinajstić information content (AvgIpc) is 3.49. The Morgan fingerprint density at radius 1 is 1.09 bits per heavy atom. The predicted octanol–water partition coefficient (Wildman–Crippen LogP) is 4.50. The molecule has 2 N–H and O–H groups in total. The van der Waals surface area contributed by atoms with Gasteiger partial charge in [0.25, 0.3) is 5.91 Å². The number of ether oxygens (including phenoxy) is 2. The highest BCUT2D eigenvalue weighted by Gasteiger charge is 2.20. The zero-order chi connectivity index (χ0) is 23.6. The fraction of sp³-hybridized carbons (Fsp3) is 0.148. The second kappa shape index (κ2) is 9.08. The van der Waals surface area contributed by atoms with E-state index in [0.29, 0.717) is 36.7 Å². The van der Waals surface area contributed by atoms with E-state index >= 15 is 0 Å². The molecule has 0 spiro atoms. The lowest BCUT2D eigenvalue weighted by Crippen LogP contribution is -2.38. The van der Waals surface area contributed by atoms with E-state index < -0.39 is 0 Å². The molecule has 35 heavy (non-hydrogen) atoms. The molecule has 6 rings (SSSR count). The molecule has 1 saturated heterocycles. The number of carbonyl (C=O) groups excluding carboxylic acids is 1. The average molecular weight is 466 g/mol. The number of nitrogens with zero attached hydrogens (tertiary/aromatic N) is 3. The van der Waals surface area contributed by atoms with Crippen LogP contribution in [0.25, 0.3) is 22.2 Å². The minimum Gasteiger partial charge on any atom is -0.486 e. The number of aromatic amines is 1. The topological polar surface area (TPSA) is 94.1 Å². The van der Waals surface area contributed by atoms with Crippen LogP contribution in [0.15, 0.2) is 85.5 Å². The maximum Gasteiger partial charge on any atom is 0.258 e. The maximum atomic E-state index is 12.9. The maximum absolute atomic E-state index is 12.9. The minimum absolute atomic E-state index is 0.106. The van der Waals surface area contributed by atoms with Crippen LogP contribution >= 0.6 is 0 Å². The monoisotopic (exact) mass is 465 g/mol. The molecule has 1 aliphatic rings. The highest BCUT2D eigenvalue weighted by molar-refractivity contribution is 6.08. The molecular formula is C27H23N5O3. The predicted molar refractivity (Wildman–Crippen MR) is 132 cm³/mol. The molecule has 0 radical (unpaired) electrons. The molecule has 4 heterocycles. The molecule has 0 saturated carbocycles. The molecule has 0 atom stereocenters. The summed E-state index contributed by atoms with van der Waals surface area (Å²) < 4.78 is 12.9. The van der Waals surface area contributed by atoms with Crippen molar-refractivity contribution in [3.8, 4) is 16.9 Å². The summed E-state index contributed by atoms with van der Waals surface area (Å²) in [6.07, 6.45) is 7.00. The van der Waals surface area contributed by atoms with Crippen molar-refractivity contribution in [2.24, 2.45) is 0 Å². The molecule has 0 bridgehead atoms. The first-order valence-corrected chi connectivity index (χ1v) is 11.4. The number of fused-ring (bicyclic) bond motifs is 1. The third-order valence-corrected chi connectivity index (χ3v) is 5.94. The van der Waals surface area contributed by atoms with Crippen LogP contribution in [0, 0.1) is 0 Å². The Hall–Kier alpha value is -4.43. The normalized spacial score (nSPS) is 13.5. The van der Waals surface area contributed by atoms with Gasteiger partial charge in [-0.15, -0.1) is 0 Å². The van der Waals surface area contributed by atoms with Crippen LogP contribution in [0.5, 0.6) is 5.75 Å². The van der Waals surface area contributed by atoms with E-state index in [-0.39, 0.29) is 12.0 Å². The van der Waals surface area contributed by atoms with Crippen molar-refractivity contribution in [3.05, 3.63) is 96.6 Å². The van der Waals surface area contributed by atoms with Crippen molar-refractivity contribution >= 4 is 22.6 Å². The standard InChI is InChI=1S/C27H23N5O3/c33-27(21-12-30-32(15-21)14-18-5-2-1-3-6-18)31-25-13-29-26-24(25)10-20(11-28-26)19-7-4-8-22(9-19)35-23-16-34-17-23/h1-13,15,23H,14,16-17H2,(H,28,29)(H,31,33). The van der Waals surface area contributed by atoms with Crippen LogP contribution in [-0.2, 0) is 11.3 Å². The van der Waals surface area contributed by atoms with E-state index in [1.807, 2.05) is 66.9 Å². The van der Waals surface area contributed by atoms with E-state index in [4.69, 9.17) is 9.47 Å². The second-order valence-electron chi connectivity index (χ2n) is 8.49. The summed E-state index contributed by atoms with van der Waals surface area (Å²) in [6.45, 7) is 1.84. The zero-order valence-electron chi connectivity index (χ0n) is 18.8. The number of anilines is 1. The third kappa shape index (κ3) is 4.51. The molecule has 0 unspecified atom stereocenters. The first kappa shape index (κ1) is 21.1. The first-order chi connectivity index (χ1) is 17.2. The van der Waals surface area contributed by atoms with Gasteiger partial charge < -0.3 is 19.8 Å². The van der Waals surface area contributed by atoms with Crippen LogP contribution in [0.4, 0.5) is 5.69 Å². The number of H-pyrrole nitrogens is 1. The van der Waals surface area contributed by atoms with Crippen LogP contribution in [0.2, 0.25) is 0 Å². The molecule has 0 aliphatic carbocycles. The molecule has 2 aromatic carbocycles. The number of hydrogen-bond acceptors (Lipinski definition) is 5. The Bertz CT molecular complexity index is 1490. The van der Waals surface area contributed by atoms with E-state index in [1.165, 1.54) is 0 Å².